The number of benzene rings is 2. The number of amides is 1. The number of hydrogen-bond acceptors (Lipinski definition) is 4. The first kappa shape index (κ1) is 23.7. The Morgan fingerprint density at radius 3 is 2.23 bits per heavy atom. The first-order valence-corrected chi connectivity index (χ1v) is 12.2. The van der Waals surface area contributed by atoms with Crippen molar-refractivity contribution < 1.29 is 18.0 Å². The number of sulfonamides is 1. The van der Waals surface area contributed by atoms with Crippen LogP contribution in [0.25, 0.3) is 0 Å². The average molecular weight is 483 g/mol. The summed E-state index contributed by atoms with van der Waals surface area (Å²) in [6, 6.07) is 10.8. The summed E-state index contributed by atoms with van der Waals surface area (Å²) in [6.07, 6.45) is 0.856. The fraction of sp³-hybridized carbons (Fsp3) is 0.364. The molecule has 1 saturated heterocycles. The molecule has 9 heteroatoms. The van der Waals surface area contributed by atoms with Crippen LogP contribution >= 0.6 is 23.2 Å². The average Bonchev–Trinajstić information content (AvgIpc) is 2.73. The molecule has 0 spiro atoms. The molecule has 3 rings (SSSR count). The van der Waals surface area contributed by atoms with Gasteiger partial charge in [0.05, 0.1) is 10.9 Å². The molecule has 31 heavy (non-hydrogen) atoms. The van der Waals surface area contributed by atoms with E-state index in [0.29, 0.717) is 28.5 Å². The Hall–Kier alpha value is -1.93. The number of carbonyl (C=O) groups excluding carboxylic acids is 2. The van der Waals surface area contributed by atoms with Gasteiger partial charge < -0.3 is 5.32 Å². The Kier molecular flexibility index (Phi) is 7.42. The van der Waals surface area contributed by atoms with Gasteiger partial charge in [-0.2, -0.15) is 4.31 Å². The number of halogens is 2. The zero-order valence-electron chi connectivity index (χ0n) is 17.3. The molecule has 1 fully saturated rings. The van der Waals surface area contributed by atoms with Gasteiger partial charge in [0.2, 0.25) is 15.9 Å². The predicted octanol–water partition coefficient (Wildman–Crippen LogP) is 4.47. The van der Waals surface area contributed by atoms with E-state index in [2.05, 4.69) is 5.32 Å². The quantitative estimate of drug-likeness (QED) is 0.615. The molecule has 2 aromatic carbocycles. The van der Waals surface area contributed by atoms with Crippen molar-refractivity contribution in [3.8, 4) is 0 Å². The number of carbonyl (C=O) groups is 2. The summed E-state index contributed by atoms with van der Waals surface area (Å²) in [5, 5.41) is 3.97. The highest BCUT2D eigenvalue weighted by molar-refractivity contribution is 7.89. The molecular weight excluding hydrogens is 459 g/mol. The lowest BCUT2D eigenvalue weighted by Crippen LogP contribution is -2.43. The molecule has 0 aliphatic carbocycles. The first-order chi connectivity index (χ1) is 14.6. The summed E-state index contributed by atoms with van der Waals surface area (Å²) in [5.41, 5.74) is 1.23. The lowest BCUT2D eigenvalue weighted by molar-refractivity contribution is -0.126. The zero-order valence-corrected chi connectivity index (χ0v) is 19.6. The Morgan fingerprint density at radius 1 is 1.06 bits per heavy atom. The molecule has 1 aliphatic rings. The molecular formula is C22H24Cl2N2O4S. The smallest absolute Gasteiger partial charge is 0.243 e. The van der Waals surface area contributed by atoms with Gasteiger partial charge in [-0.05, 0) is 56.5 Å². The third-order valence-corrected chi connectivity index (χ3v) is 7.99. The maximum atomic E-state index is 12.9. The van der Waals surface area contributed by atoms with Gasteiger partial charge in [0.25, 0.3) is 0 Å². The third kappa shape index (κ3) is 5.47. The van der Waals surface area contributed by atoms with Gasteiger partial charge >= 0.3 is 0 Å². The first-order valence-electron chi connectivity index (χ1n) is 9.96. The Morgan fingerprint density at radius 2 is 1.68 bits per heavy atom. The molecule has 1 unspecified atom stereocenters. The largest absolute Gasteiger partial charge is 0.349 e. The molecule has 0 radical (unpaired) electrons. The molecule has 0 aromatic heterocycles. The van der Waals surface area contributed by atoms with Crippen LogP contribution in [0.3, 0.4) is 0 Å². The highest BCUT2D eigenvalue weighted by Crippen LogP contribution is 2.28. The number of piperidine rings is 1. The molecule has 1 aliphatic heterocycles. The fourth-order valence-electron chi connectivity index (χ4n) is 3.63. The molecule has 0 bridgehead atoms. The van der Waals surface area contributed by atoms with Crippen molar-refractivity contribution in [2.45, 2.75) is 37.6 Å². The second-order valence-corrected chi connectivity index (χ2v) is 10.4. The van der Waals surface area contributed by atoms with Crippen LogP contribution in [0.4, 0.5) is 0 Å². The third-order valence-electron chi connectivity index (χ3n) is 5.51. The van der Waals surface area contributed by atoms with E-state index in [-0.39, 0.29) is 41.6 Å². The number of nitrogens with one attached hydrogen (secondary N) is 1. The van der Waals surface area contributed by atoms with Gasteiger partial charge in [-0.3, -0.25) is 9.59 Å². The van der Waals surface area contributed by atoms with Crippen LogP contribution in [-0.4, -0.2) is 37.5 Å². The molecule has 1 atom stereocenters. The summed E-state index contributed by atoms with van der Waals surface area (Å²) in [7, 11) is -3.67. The molecule has 2 aromatic rings. The van der Waals surface area contributed by atoms with Crippen molar-refractivity contribution in [3.63, 3.8) is 0 Å². The van der Waals surface area contributed by atoms with Crippen molar-refractivity contribution in [2.24, 2.45) is 5.92 Å². The van der Waals surface area contributed by atoms with Crippen molar-refractivity contribution in [2.75, 3.05) is 13.1 Å². The zero-order chi connectivity index (χ0) is 22.8. The number of ketones is 1. The van der Waals surface area contributed by atoms with Crippen LogP contribution in [0.5, 0.6) is 0 Å². The van der Waals surface area contributed by atoms with Gasteiger partial charge in [0, 0.05) is 34.6 Å². The minimum absolute atomic E-state index is 0.120. The molecule has 166 valence electrons. The summed E-state index contributed by atoms with van der Waals surface area (Å²) < 4.78 is 27.2. The van der Waals surface area contributed by atoms with E-state index in [4.69, 9.17) is 23.2 Å². The normalized spacial score (nSPS) is 16.6. The number of rotatable bonds is 6. The Bertz CT molecular complexity index is 1080. The number of hydrogen-bond donors (Lipinski definition) is 1. The van der Waals surface area contributed by atoms with E-state index >= 15 is 0 Å². The minimum atomic E-state index is -3.67. The molecule has 6 nitrogen and oxygen atoms in total. The highest BCUT2D eigenvalue weighted by Gasteiger charge is 2.32. The Balaban J connectivity index is 1.60. The van der Waals surface area contributed by atoms with E-state index < -0.39 is 10.0 Å². The van der Waals surface area contributed by atoms with Crippen molar-refractivity contribution >= 4 is 44.9 Å². The fourth-order valence-corrected chi connectivity index (χ4v) is 5.67. The predicted molar refractivity (Wildman–Crippen MR) is 121 cm³/mol. The SMILES string of the molecule is CC(=O)c1ccc(S(=O)(=O)N2CCC(C(=O)NC(C)c3ccc(Cl)cc3Cl)CC2)cc1. The lowest BCUT2D eigenvalue weighted by atomic mass is 9.96. The van der Waals surface area contributed by atoms with Gasteiger partial charge in [-0.1, -0.05) is 41.4 Å². The van der Waals surface area contributed by atoms with Crippen molar-refractivity contribution in [1.29, 1.82) is 0 Å². The van der Waals surface area contributed by atoms with Crippen LogP contribution in [0.1, 0.15) is 48.7 Å². The van der Waals surface area contributed by atoms with Crippen LogP contribution in [0.2, 0.25) is 10.0 Å². The second kappa shape index (κ2) is 9.69. The standard InChI is InChI=1S/C22H24Cl2N2O4S/c1-14(20-8-5-18(23)13-21(20)24)25-22(28)17-9-11-26(12-10-17)31(29,30)19-6-3-16(4-7-19)15(2)27/h3-8,13-14,17H,9-12H2,1-2H3,(H,25,28). The van der Waals surface area contributed by atoms with Gasteiger partial charge in [0.15, 0.2) is 5.78 Å². The van der Waals surface area contributed by atoms with E-state index in [1.165, 1.54) is 35.5 Å². The van der Waals surface area contributed by atoms with E-state index in [1.807, 2.05) is 6.92 Å². The van der Waals surface area contributed by atoms with Crippen LogP contribution < -0.4 is 5.32 Å². The second-order valence-electron chi connectivity index (χ2n) is 7.66. The molecule has 0 saturated carbocycles. The number of Topliss-reactive ketones (excluding diaryl/α,β-unsaturated/α-hetero) is 1. The van der Waals surface area contributed by atoms with Crippen molar-refractivity contribution in [3.05, 3.63) is 63.6 Å². The van der Waals surface area contributed by atoms with Crippen molar-refractivity contribution in [1.82, 2.24) is 9.62 Å². The minimum Gasteiger partial charge on any atom is -0.349 e. The number of nitrogens with zero attached hydrogens (tertiary/aromatic N) is 1. The molecule has 1 amide bonds. The summed E-state index contributed by atoms with van der Waals surface area (Å²) >= 11 is 12.1. The topological polar surface area (TPSA) is 83.6 Å². The van der Waals surface area contributed by atoms with E-state index in [0.717, 1.165) is 5.56 Å². The van der Waals surface area contributed by atoms with Gasteiger partial charge in [0.1, 0.15) is 0 Å². The Labute approximate surface area is 192 Å². The van der Waals surface area contributed by atoms with Crippen LogP contribution in [0, 0.1) is 5.92 Å². The maximum absolute atomic E-state index is 12.9. The molecule has 1 heterocycles. The molecule has 1 N–H and O–H groups in total. The summed E-state index contributed by atoms with van der Waals surface area (Å²) in [4.78, 5) is 24.2. The highest BCUT2D eigenvalue weighted by atomic mass is 35.5. The van der Waals surface area contributed by atoms with Gasteiger partial charge in [-0.15, -0.1) is 0 Å². The summed E-state index contributed by atoms with van der Waals surface area (Å²) in [6.45, 7) is 3.79. The van der Waals surface area contributed by atoms with Gasteiger partial charge in [-0.25, -0.2) is 8.42 Å². The maximum Gasteiger partial charge on any atom is 0.243 e. The van der Waals surface area contributed by atoms with E-state index in [9.17, 15) is 18.0 Å². The lowest BCUT2D eigenvalue weighted by Gasteiger charge is -2.31. The van der Waals surface area contributed by atoms with Crippen LogP contribution in [0.15, 0.2) is 47.4 Å². The van der Waals surface area contributed by atoms with Crippen LogP contribution in [-0.2, 0) is 14.8 Å². The van der Waals surface area contributed by atoms with E-state index in [1.54, 1.807) is 18.2 Å². The monoisotopic (exact) mass is 482 g/mol. The summed E-state index contributed by atoms with van der Waals surface area (Å²) in [5.74, 6) is -0.522.